The van der Waals surface area contributed by atoms with Crippen LogP contribution in [0.25, 0.3) is 0 Å². The maximum atomic E-state index is 14.3. The van der Waals surface area contributed by atoms with E-state index < -0.39 is 26.7 Å². The molecule has 0 amide bonds. The lowest BCUT2D eigenvalue weighted by Gasteiger charge is -2.18. The Bertz CT molecular complexity index is 835. The lowest BCUT2D eigenvalue weighted by atomic mass is 10.1. The Morgan fingerprint density at radius 3 is 2.39 bits per heavy atom. The van der Waals surface area contributed by atoms with E-state index in [1.54, 1.807) is 0 Å². The maximum absolute atomic E-state index is 14.3. The van der Waals surface area contributed by atoms with Crippen molar-refractivity contribution in [1.82, 2.24) is 0 Å². The van der Waals surface area contributed by atoms with Gasteiger partial charge in [-0.15, -0.1) is 0 Å². The number of hydrogen-bond acceptors (Lipinski definition) is 3. The van der Waals surface area contributed by atoms with E-state index in [1.807, 2.05) is 0 Å². The Morgan fingerprint density at radius 1 is 1.04 bits per heavy atom. The summed E-state index contributed by atoms with van der Waals surface area (Å²) in [6.07, 6.45) is 0.531. The highest BCUT2D eigenvalue weighted by Crippen LogP contribution is 2.42. The Labute approximate surface area is 137 Å². The van der Waals surface area contributed by atoms with Gasteiger partial charge in [-0.2, -0.15) is 0 Å². The van der Waals surface area contributed by atoms with Crippen LogP contribution in [0.3, 0.4) is 0 Å². The molecule has 0 radical (unpaired) electrons. The highest BCUT2D eigenvalue weighted by Gasteiger charge is 2.36. The molecule has 1 aliphatic rings. The van der Waals surface area contributed by atoms with Gasteiger partial charge in [0.05, 0.1) is 22.3 Å². The van der Waals surface area contributed by atoms with Crippen molar-refractivity contribution in [3.63, 3.8) is 0 Å². The third-order valence-corrected chi connectivity index (χ3v) is 6.19. The quantitative estimate of drug-likeness (QED) is 0.803. The molecule has 0 bridgehead atoms. The summed E-state index contributed by atoms with van der Waals surface area (Å²) in [5, 5.41) is -0.803. The second kappa shape index (κ2) is 6.09. The zero-order chi connectivity index (χ0) is 16.6. The van der Waals surface area contributed by atoms with Crippen molar-refractivity contribution in [2.45, 2.75) is 23.0 Å². The first-order valence-corrected chi connectivity index (χ1v) is 8.94. The van der Waals surface area contributed by atoms with E-state index in [0.717, 1.165) is 12.1 Å². The number of fused-ring (bicyclic) bond motifs is 1. The molecule has 3 rings (SSSR count). The van der Waals surface area contributed by atoms with Crippen LogP contribution in [0.2, 0.25) is 5.02 Å². The van der Waals surface area contributed by atoms with E-state index in [-0.39, 0.29) is 29.2 Å². The summed E-state index contributed by atoms with van der Waals surface area (Å²) >= 11 is 5.78. The molecular formula is C16H13ClF2O3S. The summed E-state index contributed by atoms with van der Waals surface area (Å²) < 4.78 is 59.2. The van der Waals surface area contributed by atoms with Gasteiger partial charge in [0.1, 0.15) is 5.82 Å². The van der Waals surface area contributed by atoms with Gasteiger partial charge in [0, 0.05) is 5.02 Å². The largest absolute Gasteiger partial charge is 0.490 e. The second-order valence-corrected chi connectivity index (χ2v) is 7.82. The molecule has 0 spiro atoms. The smallest absolute Gasteiger partial charge is 0.185 e. The van der Waals surface area contributed by atoms with Gasteiger partial charge in [-0.3, -0.25) is 0 Å². The van der Waals surface area contributed by atoms with Crippen molar-refractivity contribution in [1.29, 1.82) is 0 Å². The predicted octanol–water partition coefficient (Wildman–Crippen LogP) is 4.31. The number of ether oxygens (including phenoxy) is 1. The van der Waals surface area contributed by atoms with Crippen LogP contribution in [0.5, 0.6) is 5.75 Å². The molecule has 0 aromatic heterocycles. The monoisotopic (exact) mass is 358 g/mol. The molecule has 7 heteroatoms. The van der Waals surface area contributed by atoms with Crippen molar-refractivity contribution in [3.8, 4) is 5.75 Å². The van der Waals surface area contributed by atoms with Gasteiger partial charge in [-0.05, 0) is 49.2 Å². The molecule has 3 nitrogen and oxygen atoms in total. The average Bonchev–Trinajstić information content (AvgIpc) is 2.75. The van der Waals surface area contributed by atoms with E-state index in [9.17, 15) is 17.2 Å². The first kappa shape index (κ1) is 16.2. The Kier molecular flexibility index (Phi) is 4.29. The molecule has 23 heavy (non-hydrogen) atoms. The van der Waals surface area contributed by atoms with E-state index in [4.69, 9.17) is 16.3 Å². The third kappa shape index (κ3) is 2.93. The fourth-order valence-electron chi connectivity index (χ4n) is 2.68. The number of rotatable bonds is 2. The van der Waals surface area contributed by atoms with Crippen molar-refractivity contribution in [2.24, 2.45) is 0 Å². The molecule has 1 unspecified atom stereocenters. The first-order chi connectivity index (χ1) is 10.9. The van der Waals surface area contributed by atoms with Crippen molar-refractivity contribution >= 4 is 21.4 Å². The SMILES string of the molecule is O=S(=O)(c1ccc(Cl)cc1)C1CCCOc2c(F)ccc(F)c21. The summed E-state index contributed by atoms with van der Waals surface area (Å²) in [6, 6.07) is 7.48. The van der Waals surface area contributed by atoms with Gasteiger partial charge in [0.2, 0.25) is 0 Å². The Hall–Kier alpha value is -1.66. The lowest BCUT2D eigenvalue weighted by molar-refractivity contribution is 0.300. The minimum absolute atomic E-state index is 0.0170. The third-order valence-electron chi connectivity index (χ3n) is 3.79. The van der Waals surface area contributed by atoms with E-state index in [1.165, 1.54) is 24.3 Å². The lowest BCUT2D eigenvalue weighted by Crippen LogP contribution is -2.15. The fourth-order valence-corrected chi connectivity index (χ4v) is 4.66. The summed E-state index contributed by atoms with van der Waals surface area (Å²) in [5.74, 6) is -1.87. The molecule has 1 aliphatic heterocycles. The van der Waals surface area contributed by atoms with Crippen molar-refractivity contribution in [3.05, 3.63) is 58.6 Å². The standard InChI is InChI=1S/C16H13ClF2O3S/c17-10-3-5-11(6-4-10)23(20,21)14-2-1-9-22-16-13(19)8-7-12(18)15(14)16/h3-8,14H,1-2,9H2. The van der Waals surface area contributed by atoms with Crippen LogP contribution >= 0.6 is 11.6 Å². The number of hydrogen-bond donors (Lipinski definition) is 0. The van der Waals surface area contributed by atoms with Crippen molar-refractivity contribution < 1.29 is 21.9 Å². The predicted molar refractivity (Wildman–Crippen MR) is 82.5 cm³/mol. The summed E-state index contributed by atoms with van der Waals surface area (Å²) in [4.78, 5) is 0.0170. The summed E-state index contributed by atoms with van der Waals surface area (Å²) in [5.41, 5.74) is -0.238. The van der Waals surface area contributed by atoms with Crippen LogP contribution < -0.4 is 4.74 Å². The van der Waals surface area contributed by atoms with Crippen LogP contribution in [0.1, 0.15) is 23.7 Å². The highest BCUT2D eigenvalue weighted by atomic mass is 35.5. The van der Waals surface area contributed by atoms with Crippen molar-refractivity contribution in [2.75, 3.05) is 6.61 Å². The summed E-state index contributed by atoms with van der Waals surface area (Å²) in [7, 11) is -3.90. The van der Waals surface area contributed by atoms with Crippen LogP contribution in [0, 0.1) is 11.6 Å². The molecule has 2 aromatic rings. The van der Waals surface area contributed by atoms with Crippen LogP contribution in [0.4, 0.5) is 8.78 Å². The molecule has 0 saturated heterocycles. The number of benzene rings is 2. The van der Waals surface area contributed by atoms with Crippen LogP contribution in [-0.4, -0.2) is 15.0 Å². The second-order valence-electron chi connectivity index (χ2n) is 5.25. The molecule has 2 aromatic carbocycles. The molecule has 122 valence electrons. The van der Waals surface area contributed by atoms with Gasteiger partial charge in [0.15, 0.2) is 21.4 Å². The minimum atomic E-state index is -3.90. The molecule has 1 heterocycles. The highest BCUT2D eigenvalue weighted by molar-refractivity contribution is 7.91. The van der Waals surface area contributed by atoms with Gasteiger partial charge in [-0.1, -0.05) is 11.6 Å². The molecule has 0 aliphatic carbocycles. The molecule has 0 N–H and O–H groups in total. The molecule has 1 atom stereocenters. The number of halogens is 3. The Morgan fingerprint density at radius 2 is 1.70 bits per heavy atom. The first-order valence-electron chi connectivity index (χ1n) is 7.01. The van der Waals surface area contributed by atoms with E-state index >= 15 is 0 Å². The van der Waals surface area contributed by atoms with Gasteiger partial charge < -0.3 is 4.74 Å². The minimum Gasteiger partial charge on any atom is -0.490 e. The molecular weight excluding hydrogens is 346 g/mol. The maximum Gasteiger partial charge on any atom is 0.185 e. The molecule has 0 saturated carbocycles. The van der Waals surface area contributed by atoms with Gasteiger partial charge >= 0.3 is 0 Å². The normalized spacial score (nSPS) is 18.0. The van der Waals surface area contributed by atoms with Gasteiger partial charge in [-0.25, -0.2) is 17.2 Å². The zero-order valence-corrected chi connectivity index (χ0v) is 13.5. The number of sulfone groups is 1. The van der Waals surface area contributed by atoms with E-state index in [2.05, 4.69) is 0 Å². The zero-order valence-electron chi connectivity index (χ0n) is 11.9. The van der Waals surface area contributed by atoms with E-state index in [0.29, 0.717) is 11.4 Å². The topological polar surface area (TPSA) is 43.4 Å². The fraction of sp³-hybridized carbons (Fsp3) is 0.250. The molecule has 0 fully saturated rings. The Balaban J connectivity index is 2.17. The van der Waals surface area contributed by atoms with Gasteiger partial charge in [0.25, 0.3) is 0 Å². The summed E-state index contributed by atoms with van der Waals surface area (Å²) in [6.45, 7) is 0.139. The van der Waals surface area contributed by atoms with Crippen LogP contribution in [0.15, 0.2) is 41.3 Å². The van der Waals surface area contributed by atoms with Crippen LogP contribution in [-0.2, 0) is 9.84 Å². The average molecular weight is 359 g/mol.